The molecule has 1 atom stereocenters. The summed E-state index contributed by atoms with van der Waals surface area (Å²) in [6.45, 7) is 1.97. The molecule has 2 N–H and O–H groups in total. The Hall–Kier alpha value is -3.49. The summed E-state index contributed by atoms with van der Waals surface area (Å²) >= 11 is 0. The lowest BCUT2D eigenvalue weighted by molar-refractivity contribution is -0.140. The SMILES string of the molecule is Cc1cc(F)cc(CNc2nc(-c3cnn(C)c3)c3n(c2=O)C(C(=O)O)CC3)c1. The molecule has 3 aromatic rings. The van der Waals surface area contributed by atoms with Crippen LogP contribution in [0.4, 0.5) is 10.2 Å². The van der Waals surface area contributed by atoms with Crippen molar-refractivity contribution in [3.63, 3.8) is 0 Å². The molecule has 0 bridgehead atoms. The van der Waals surface area contributed by atoms with Crippen molar-refractivity contribution in [2.75, 3.05) is 5.32 Å². The second-order valence-electron chi connectivity index (χ2n) is 7.22. The molecule has 4 rings (SSSR count). The molecular formula is C20H20FN5O3. The average Bonchev–Trinajstić information content (AvgIpc) is 3.27. The second-order valence-corrected chi connectivity index (χ2v) is 7.22. The Kier molecular flexibility index (Phi) is 4.65. The molecule has 1 unspecified atom stereocenters. The number of rotatable bonds is 5. The van der Waals surface area contributed by atoms with E-state index in [9.17, 15) is 19.1 Å². The standard InChI is InChI=1S/C20H20FN5O3/c1-11-5-12(7-14(21)6-11)8-22-18-19(27)26-15(3-4-16(26)20(28)29)17(24-18)13-9-23-25(2)10-13/h5-7,9-10,16H,3-4,8H2,1-2H3,(H,22,24)(H,28,29). The summed E-state index contributed by atoms with van der Waals surface area (Å²) in [5.74, 6) is -1.38. The van der Waals surface area contributed by atoms with E-state index in [0.29, 0.717) is 35.4 Å². The Labute approximate surface area is 165 Å². The third kappa shape index (κ3) is 3.51. The van der Waals surface area contributed by atoms with Crippen LogP contribution < -0.4 is 10.9 Å². The van der Waals surface area contributed by atoms with Crippen LogP contribution in [0.25, 0.3) is 11.3 Å². The number of carboxylic acids is 1. The van der Waals surface area contributed by atoms with Crippen LogP contribution in [-0.2, 0) is 24.8 Å². The second kappa shape index (κ2) is 7.16. The summed E-state index contributed by atoms with van der Waals surface area (Å²) in [5, 5.41) is 16.7. The highest BCUT2D eigenvalue weighted by Crippen LogP contribution is 2.31. The van der Waals surface area contributed by atoms with E-state index in [4.69, 9.17) is 0 Å². The van der Waals surface area contributed by atoms with Gasteiger partial charge in [0.15, 0.2) is 5.82 Å². The minimum atomic E-state index is -1.05. The number of benzene rings is 1. The lowest BCUT2D eigenvalue weighted by Gasteiger charge is -2.15. The molecule has 0 spiro atoms. The highest BCUT2D eigenvalue weighted by molar-refractivity contribution is 5.74. The summed E-state index contributed by atoms with van der Waals surface area (Å²) in [7, 11) is 1.77. The van der Waals surface area contributed by atoms with Crippen molar-refractivity contribution in [3.8, 4) is 11.3 Å². The van der Waals surface area contributed by atoms with Gasteiger partial charge in [0.25, 0.3) is 5.56 Å². The van der Waals surface area contributed by atoms with Gasteiger partial charge in [-0.15, -0.1) is 0 Å². The van der Waals surface area contributed by atoms with Gasteiger partial charge in [0.1, 0.15) is 11.9 Å². The molecule has 0 saturated heterocycles. The highest BCUT2D eigenvalue weighted by atomic mass is 19.1. The van der Waals surface area contributed by atoms with Crippen LogP contribution in [0.15, 0.2) is 35.4 Å². The fourth-order valence-corrected chi connectivity index (χ4v) is 3.77. The maximum absolute atomic E-state index is 13.7. The lowest BCUT2D eigenvalue weighted by Crippen LogP contribution is -2.31. The van der Waals surface area contributed by atoms with Gasteiger partial charge in [-0.2, -0.15) is 5.10 Å². The number of aromatic nitrogens is 4. The molecule has 1 aliphatic heterocycles. The van der Waals surface area contributed by atoms with Gasteiger partial charge in [-0.25, -0.2) is 14.2 Å². The summed E-state index contributed by atoms with van der Waals surface area (Å²) in [5.41, 5.74) is 2.74. The first kappa shape index (κ1) is 18.9. The zero-order chi connectivity index (χ0) is 20.7. The maximum Gasteiger partial charge on any atom is 0.326 e. The summed E-state index contributed by atoms with van der Waals surface area (Å²) in [6, 6.07) is 3.67. The van der Waals surface area contributed by atoms with Crippen molar-refractivity contribution in [2.45, 2.75) is 32.4 Å². The summed E-state index contributed by atoms with van der Waals surface area (Å²) in [4.78, 5) is 29.2. The van der Waals surface area contributed by atoms with Gasteiger partial charge in [-0.05, 0) is 43.0 Å². The lowest BCUT2D eigenvalue weighted by atomic mass is 10.1. The van der Waals surface area contributed by atoms with E-state index in [1.54, 1.807) is 31.0 Å². The predicted octanol–water partition coefficient (Wildman–Crippen LogP) is 2.28. The minimum Gasteiger partial charge on any atom is -0.480 e. The average molecular weight is 397 g/mol. The topological polar surface area (TPSA) is 102 Å². The number of aryl methyl sites for hydroxylation is 2. The molecule has 1 aliphatic rings. The minimum absolute atomic E-state index is 0.0302. The predicted molar refractivity (Wildman–Crippen MR) is 104 cm³/mol. The van der Waals surface area contributed by atoms with Crippen LogP contribution in [0.3, 0.4) is 0 Å². The monoisotopic (exact) mass is 397 g/mol. The van der Waals surface area contributed by atoms with Gasteiger partial charge < -0.3 is 10.4 Å². The van der Waals surface area contributed by atoms with Crippen molar-refractivity contribution in [1.29, 1.82) is 0 Å². The number of anilines is 1. The molecule has 0 fully saturated rings. The van der Waals surface area contributed by atoms with Crippen LogP contribution in [0.2, 0.25) is 0 Å². The van der Waals surface area contributed by atoms with E-state index in [1.807, 2.05) is 6.07 Å². The molecule has 0 radical (unpaired) electrons. The van der Waals surface area contributed by atoms with Crippen molar-refractivity contribution < 1.29 is 14.3 Å². The Bertz CT molecular complexity index is 1150. The number of nitrogens with zero attached hydrogens (tertiary/aromatic N) is 4. The molecule has 8 nitrogen and oxygen atoms in total. The fourth-order valence-electron chi connectivity index (χ4n) is 3.77. The zero-order valence-corrected chi connectivity index (χ0v) is 16.0. The molecular weight excluding hydrogens is 377 g/mol. The number of carbonyl (C=O) groups is 1. The quantitative estimate of drug-likeness (QED) is 0.685. The Morgan fingerprint density at radius 1 is 1.38 bits per heavy atom. The first-order valence-electron chi connectivity index (χ1n) is 9.20. The van der Waals surface area contributed by atoms with Gasteiger partial charge in [-0.1, -0.05) is 6.07 Å². The fraction of sp³-hybridized carbons (Fsp3) is 0.300. The zero-order valence-electron chi connectivity index (χ0n) is 16.0. The van der Waals surface area contributed by atoms with E-state index in [2.05, 4.69) is 15.4 Å². The third-order valence-corrected chi connectivity index (χ3v) is 5.00. The molecule has 3 heterocycles. The van der Waals surface area contributed by atoms with Gasteiger partial charge >= 0.3 is 5.97 Å². The molecule has 0 amide bonds. The smallest absolute Gasteiger partial charge is 0.326 e. The Morgan fingerprint density at radius 3 is 2.83 bits per heavy atom. The molecule has 150 valence electrons. The molecule has 29 heavy (non-hydrogen) atoms. The number of fused-ring (bicyclic) bond motifs is 1. The first-order valence-corrected chi connectivity index (χ1v) is 9.20. The van der Waals surface area contributed by atoms with Gasteiger partial charge in [0, 0.05) is 31.0 Å². The number of nitrogens with one attached hydrogen (secondary N) is 1. The van der Waals surface area contributed by atoms with Crippen LogP contribution in [-0.4, -0.2) is 30.4 Å². The van der Waals surface area contributed by atoms with Crippen molar-refractivity contribution in [3.05, 3.63) is 63.6 Å². The third-order valence-electron chi connectivity index (χ3n) is 5.00. The molecule has 2 aromatic heterocycles. The number of hydrogen-bond donors (Lipinski definition) is 2. The number of hydrogen-bond acceptors (Lipinski definition) is 5. The normalized spacial score (nSPS) is 15.3. The summed E-state index contributed by atoms with van der Waals surface area (Å²) in [6.07, 6.45) is 4.15. The molecule has 9 heteroatoms. The van der Waals surface area contributed by atoms with E-state index in [0.717, 1.165) is 5.56 Å². The summed E-state index contributed by atoms with van der Waals surface area (Å²) < 4.78 is 16.6. The van der Waals surface area contributed by atoms with Crippen molar-refractivity contribution >= 4 is 11.8 Å². The van der Waals surface area contributed by atoms with Crippen LogP contribution in [0, 0.1) is 12.7 Å². The molecule has 1 aromatic carbocycles. The van der Waals surface area contributed by atoms with Crippen LogP contribution in [0.1, 0.15) is 29.3 Å². The van der Waals surface area contributed by atoms with E-state index in [-0.39, 0.29) is 18.2 Å². The number of halogens is 1. The van der Waals surface area contributed by atoms with E-state index >= 15 is 0 Å². The Balaban J connectivity index is 1.78. The maximum atomic E-state index is 13.7. The van der Waals surface area contributed by atoms with E-state index < -0.39 is 17.6 Å². The largest absolute Gasteiger partial charge is 0.480 e. The highest BCUT2D eigenvalue weighted by Gasteiger charge is 2.33. The van der Waals surface area contributed by atoms with Crippen LogP contribution >= 0.6 is 0 Å². The number of aliphatic carboxylic acids is 1. The van der Waals surface area contributed by atoms with E-state index in [1.165, 1.54) is 16.7 Å². The van der Waals surface area contributed by atoms with Crippen molar-refractivity contribution in [1.82, 2.24) is 19.3 Å². The van der Waals surface area contributed by atoms with Gasteiger partial charge in [-0.3, -0.25) is 14.0 Å². The Morgan fingerprint density at radius 2 is 2.17 bits per heavy atom. The van der Waals surface area contributed by atoms with Gasteiger partial charge in [0.2, 0.25) is 0 Å². The molecule has 0 saturated carbocycles. The first-order chi connectivity index (χ1) is 13.8. The number of carboxylic acid groups (broad SMARTS) is 1. The van der Waals surface area contributed by atoms with Gasteiger partial charge in [0.05, 0.1) is 11.9 Å². The molecule has 0 aliphatic carbocycles. The van der Waals surface area contributed by atoms with Crippen molar-refractivity contribution in [2.24, 2.45) is 7.05 Å². The van der Waals surface area contributed by atoms with Crippen LogP contribution in [0.5, 0.6) is 0 Å².